The highest BCUT2D eigenvalue weighted by Crippen LogP contribution is 2.25. The Bertz CT molecular complexity index is 501. The van der Waals surface area contributed by atoms with Gasteiger partial charge in [-0.25, -0.2) is 0 Å². The van der Waals surface area contributed by atoms with Crippen LogP contribution >= 0.6 is 11.3 Å². The van der Waals surface area contributed by atoms with Crippen LogP contribution in [0.5, 0.6) is 0 Å². The maximum Gasteiger partial charge on any atom is 0.139 e. The first-order valence-corrected chi connectivity index (χ1v) is 7.76. The second-order valence-corrected chi connectivity index (χ2v) is 5.67. The Morgan fingerprint density at radius 3 is 2.75 bits per heavy atom. The van der Waals surface area contributed by atoms with Gasteiger partial charge in [-0.3, -0.25) is 0 Å². The molecule has 20 heavy (non-hydrogen) atoms. The molecule has 0 bridgehead atoms. The van der Waals surface area contributed by atoms with Crippen molar-refractivity contribution in [2.45, 2.75) is 25.8 Å². The van der Waals surface area contributed by atoms with E-state index in [2.05, 4.69) is 46.7 Å². The van der Waals surface area contributed by atoms with Gasteiger partial charge in [-0.1, -0.05) is 48.6 Å². The Labute approximate surface area is 124 Å². The normalized spacial score (nSPS) is 12.5. The lowest BCUT2D eigenvalue weighted by Crippen LogP contribution is -2.23. The van der Waals surface area contributed by atoms with Crippen molar-refractivity contribution >= 4 is 11.3 Å². The van der Waals surface area contributed by atoms with Crippen molar-refractivity contribution in [3.05, 3.63) is 45.9 Å². The molecular weight excluding hydrogens is 270 g/mol. The van der Waals surface area contributed by atoms with Crippen molar-refractivity contribution in [3.8, 4) is 0 Å². The smallest absolute Gasteiger partial charge is 0.139 e. The van der Waals surface area contributed by atoms with E-state index in [9.17, 15) is 0 Å². The Kier molecular flexibility index (Phi) is 6.11. The third-order valence-corrected chi connectivity index (χ3v) is 4.03. The molecule has 1 aromatic carbocycles. The third kappa shape index (κ3) is 4.10. The topological polar surface area (TPSA) is 47.0 Å². The molecule has 1 atom stereocenters. The molecular formula is C15H21N3OS. The van der Waals surface area contributed by atoms with Crippen LogP contribution in [0.2, 0.25) is 0 Å². The van der Waals surface area contributed by atoms with Crippen LogP contribution < -0.4 is 5.32 Å². The van der Waals surface area contributed by atoms with E-state index in [1.165, 1.54) is 5.56 Å². The van der Waals surface area contributed by atoms with Gasteiger partial charge >= 0.3 is 0 Å². The molecule has 1 heterocycles. The molecule has 0 aliphatic carbocycles. The zero-order chi connectivity index (χ0) is 14.2. The minimum atomic E-state index is 0.130. The SMILES string of the molecule is CCCNC(c1ccccc1)c1nnc(CCOC)s1. The summed E-state index contributed by atoms with van der Waals surface area (Å²) in [5, 5.41) is 14.2. The Balaban J connectivity index is 2.16. The van der Waals surface area contributed by atoms with E-state index in [4.69, 9.17) is 4.74 Å². The molecule has 0 amide bonds. The fourth-order valence-electron chi connectivity index (χ4n) is 1.96. The van der Waals surface area contributed by atoms with Crippen molar-refractivity contribution in [1.82, 2.24) is 15.5 Å². The average Bonchev–Trinajstić information content (AvgIpc) is 2.95. The fraction of sp³-hybridized carbons (Fsp3) is 0.467. The number of hydrogen-bond acceptors (Lipinski definition) is 5. The Morgan fingerprint density at radius 2 is 2.05 bits per heavy atom. The third-order valence-electron chi connectivity index (χ3n) is 2.98. The molecule has 5 heteroatoms. The molecule has 4 nitrogen and oxygen atoms in total. The molecule has 1 aromatic heterocycles. The summed E-state index contributed by atoms with van der Waals surface area (Å²) in [5.74, 6) is 0. The van der Waals surface area contributed by atoms with Gasteiger partial charge in [-0.15, -0.1) is 10.2 Å². The predicted octanol–water partition coefficient (Wildman–Crippen LogP) is 2.82. The standard InChI is InChI=1S/C15H21N3OS/c1-3-10-16-14(12-7-5-4-6-8-12)15-18-17-13(20-15)9-11-19-2/h4-8,14,16H,3,9-11H2,1-2H3. The van der Waals surface area contributed by atoms with Crippen LogP contribution in [-0.2, 0) is 11.2 Å². The number of aromatic nitrogens is 2. The highest BCUT2D eigenvalue weighted by molar-refractivity contribution is 7.11. The maximum atomic E-state index is 5.09. The monoisotopic (exact) mass is 291 g/mol. The first kappa shape index (κ1) is 15.1. The van der Waals surface area contributed by atoms with Gasteiger partial charge in [-0.2, -0.15) is 0 Å². The number of nitrogens with one attached hydrogen (secondary N) is 1. The van der Waals surface area contributed by atoms with Gasteiger partial charge in [0.2, 0.25) is 0 Å². The summed E-state index contributed by atoms with van der Waals surface area (Å²) in [7, 11) is 1.71. The summed E-state index contributed by atoms with van der Waals surface area (Å²) < 4.78 is 5.09. The van der Waals surface area contributed by atoms with Gasteiger partial charge in [-0.05, 0) is 18.5 Å². The summed E-state index contributed by atoms with van der Waals surface area (Å²) in [6, 6.07) is 10.5. The zero-order valence-electron chi connectivity index (χ0n) is 12.0. The van der Waals surface area contributed by atoms with E-state index < -0.39 is 0 Å². The maximum absolute atomic E-state index is 5.09. The van der Waals surface area contributed by atoms with Crippen molar-refractivity contribution < 1.29 is 4.74 Å². The first-order chi connectivity index (χ1) is 9.85. The number of benzene rings is 1. The van der Waals surface area contributed by atoms with E-state index in [1.54, 1.807) is 18.4 Å². The molecule has 0 radical (unpaired) electrons. The zero-order valence-corrected chi connectivity index (χ0v) is 12.8. The Morgan fingerprint density at radius 1 is 1.25 bits per heavy atom. The van der Waals surface area contributed by atoms with E-state index in [-0.39, 0.29) is 6.04 Å². The lowest BCUT2D eigenvalue weighted by atomic mass is 10.1. The number of hydrogen-bond donors (Lipinski definition) is 1. The van der Waals surface area contributed by atoms with Crippen LogP contribution in [0.4, 0.5) is 0 Å². The van der Waals surface area contributed by atoms with Crippen LogP contribution in [0.15, 0.2) is 30.3 Å². The summed E-state index contributed by atoms with van der Waals surface area (Å²) in [4.78, 5) is 0. The number of nitrogens with zero attached hydrogens (tertiary/aromatic N) is 2. The minimum Gasteiger partial charge on any atom is -0.384 e. The van der Waals surface area contributed by atoms with E-state index >= 15 is 0 Å². The molecule has 0 aliphatic heterocycles. The van der Waals surface area contributed by atoms with Gasteiger partial charge < -0.3 is 10.1 Å². The van der Waals surface area contributed by atoms with Crippen LogP contribution in [0, 0.1) is 0 Å². The first-order valence-electron chi connectivity index (χ1n) is 6.94. The summed E-state index contributed by atoms with van der Waals surface area (Å²) in [6.07, 6.45) is 1.92. The molecule has 0 saturated heterocycles. The number of methoxy groups -OCH3 is 1. The summed E-state index contributed by atoms with van der Waals surface area (Å²) in [6.45, 7) is 3.82. The molecule has 0 saturated carbocycles. The van der Waals surface area contributed by atoms with Crippen LogP contribution in [0.1, 0.15) is 35.0 Å². The summed E-state index contributed by atoms with van der Waals surface area (Å²) >= 11 is 1.66. The van der Waals surface area contributed by atoms with Crippen molar-refractivity contribution in [1.29, 1.82) is 0 Å². The quantitative estimate of drug-likeness (QED) is 0.812. The van der Waals surface area contributed by atoms with Gasteiger partial charge in [0.25, 0.3) is 0 Å². The molecule has 1 unspecified atom stereocenters. The van der Waals surface area contributed by atoms with Crippen LogP contribution in [0.25, 0.3) is 0 Å². The second-order valence-electron chi connectivity index (χ2n) is 4.57. The highest BCUT2D eigenvalue weighted by atomic mass is 32.1. The van der Waals surface area contributed by atoms with Gasteiger partial charge in [0, 0.05) is 13.5 Å². The van der Waals surface area contributed by atoms with Gasteiger partial charge in [0.15, 0.2) is 0 Å². The Hall–Kier alpha value is -1.30. The van der Waals surface area contributed by atoms with Crippen molar-refractivity contribution in [2.24, 2.45) is 0 Å². The van der Waals surface area contributed by atoms with Crippen molar-refractivity contribution in [2.75, 3.05) is 20.3 Å². The molecule has 2 rings (SSSR count). The molecule has 0 spiro atoms. The second kappa shape index (κ2) is 8.09. The van der Waals surface area contributed by atoms with Gasteiger partial charge in [0.05, 0.1) is 12.6 Å². The predicted molar refractivity (Wildman–Crippen MR) is 82.1 cm³/mol. The van der Waals surface area contributed by atoms with Crippen LogP contribution in [-0.4, -0.2) is 30.5 Å². The van der Waals surface area contributed by atoms with E-state index in [0.717, 1.165) is 29.4 Å². The lowest BCUT2D eigenvalue weighted by Gasteiger charge is -2.15. The van der Waals surface area contributed by atoms with E-state index in [0.29, 0.717) is 6.61 Å². The number of ether oxygens (including phenoxy) is 1. The van der Waals surface area contributed by atoms with Gasteiger partial charge in [0.1, 0.15) is 10.0 Å². The molecule has 108 valence electrons. The largest absolute Gasteiger partial charge is 0.384 e. The molecule has 0 fully saturated rings. The number of rotatable bonds is 8. The van der Waals surface area contributed by atoms with Crippen molar-refractivity contribution in [3.63, 3.8) is 0 Å². The molecule has 1 N–H and O–H groups in total. The molecule has 0 aliphatic rings. The fourth-order valence-corrected chi connectivity index (χ4v) is 2.88. The minimum absolute atomic E-state index is 0.130. The summed E-state index contributed by atoms with van der Waals surface area (Å²) in [5.41, 5.74) is 1.23. The highest BCUT2D eigenvalue weighted by Gasteiger charge is 2.17. The average molecular weight is 291 g/mol. The van der Waals surface area contributed by atoms with E-state index in [1.807, 2.05) is 6.07 Å². The molecule has 2 aromatic rings. The lowest BCUT2D eigenvalue weighted by molar-refractivity contribution is 0.202. The van der Waals surface area contributed by atoms with Crippen LogP contribution in [0.3, 0.4) is 0 Å².